The highest BCUT2D eigenvalue weighted by Gasteiger charge is 2.44. The fourth-order valence-electron chi connectivity index (χ4n) is 5.38. The highest BCUT2D eigenvalue weighted by Crippen LogP contribution is 2.50. The number of ether oxygens (including phenoxy) is 1. The zero-order chi connectivity index (χ0) is 24.5. The molecule has 0 saturated heterocycles. The Morgan fingerprint density at radius 2 is 1.47 bits per heavy atom. The summed E-state index contributed by atoms with van der Waals surface area (Å²) in [5.74, 6) is 0.134. The molecule has 0 fully saturated rings. The molecule has 3 nitrogen and oxygen atoms in total. The maximum absolute atomic E-state index is 16.2. The predicted molar refractivity (Wildman–Crippen MR) is 143 cm³/mol. The third-order valence-electron chi connectivity index (χ3n) is 6.93. The van der Waals surface area contributed by atoms with Crippen molar-refractivity contribution in [3.05, 3.63) is 150 Å². The summed E-state index contributed by atoms with van der Waals surface area (Å²) in [4.78, 5) is 7.16. The Morgan fingerprint density at radius 1 is 0.750 bits per heavy atom. The molecule has 0 radical (unpaired) electrons. The van der Waals surface area contributed by atoms with Gasteiger partial charge in [-0.1, -0.05) is 84.9 Å². The van der Waals surface area contributed by atoms with Crippen LogP contribution in [0.1, 0.15) is 22.5 Å². The third kappa shape index (κ3) is 3.34. The number of rotatable bonds is 6. The maximum atomic E-state index is 16.2. The lowest BCUT2D eigenvalue weighted by molar-refractivity contribution is 0.410. The number of aromatic nitrogens is 2. The number of methoxy groups -OCH3 is 1. The standard InChI is InChI=1S/C32H25FN2O/c1-36-24-18-19-26(27(33)21-24)32(29-17-10-20-34-29,23-13-6-3-7-14-23)31-30(22-11-4-2-5-12-22)25-15-8-9-16-28(25)35-31/h2-21,34-35H,1H3/t32-/m0/s1. The summed E-state index contributed by atoms with van der Waals surface area (Å²) in [6.45, 7) is 0. The molecule has 6 aromatic rings. The van der Waals surface area contributed by atoms with Gasteiger partial charge >= 0.3 is 0 Å². The second-order valence-electron chi connectivity index (χ2n) is 8.83. The number of benzene rings is 4. The van der Waals surface area contributed by atoms with Crippen LogP contribution in [0.2, 0.25) is 0 Å². The summed E-state index contributed by atoms with van der Waals surface area (Å²) in [7, 11) is 1.55. The van der Waals surface area contributed by atoms with Gasteiger partial charge in [0, 0.05) is 45.7 Å². The van der Waals surface area contributed by atoms with Gasteiger partial charge in [-0.3, -0.25) is 0 Å². The van der Waals surface area contributed by atoms with Crippen LogP contribution in [0.3, 0.4) is 0 Å². The molecular weight excluding hydrogens is 447 g/mol. The second-order valence-corrected chi connectivity index (χ2v) is 8.83. The zero-order valence-corrected chi connectivity index (χ0v) is 19.8. The highest BCUT2D eigenvalue weighted by atomic mass is 19.1. The van der Waals surface area contributed by atoms with E-state index in [2.05, 4.69) is 46.4 Å². The minimum absolute atomic E-state index is 0.342. The Balaban J connectivity index is 1.82. The monoisotopic (exact) mass is 472 g/mol. The maximum Gasteiger partial charge on any atom is 0.131 e. The molecule has 0 aliphatic heterocycles. The number of para-hydroxylation sites is 1. The number of nitrogens with one attached hydrogen (secondary N) is 2. The van der Waals surface area contributed by atoms with E-state index in [1.807, 2.05) is 79.0 Å². The highest BCUT2D eigenvalue weighted by molar-refractivity contribution is 5.99. The topological polar surface area (TPSA) is 40.8 Å². The van der Waals surface area contributed by atoms with Gasteiger partial charge in [0.05, 0.1) is 7.11 Å². The molecule has 0 amide bonds. The molecule has 176 valence electrons. The first-order valence-corrected chi connectivity index (χ1v) is 11.9. The van der Waals surface area contributed by atoms with E-state index in [1.54, 1.807) is 7.11 Å². The van der Waals surface area contributed by atoms with E-state index < -0.39 is 5.41 Å². The van der Waals surface area contributed by atoms with Crippen molar-refractivity contribution in [3.63, 3.8) is 0 Å². The molecular formula is C32H25FN2O. The number of aromatic amines is 2. The summed E-state index contributed by atoms with van der Waals surface area (Å²) in [6.07, 6.45) is 1.89. The van der Waals surface area contributed by atoms with Gasteiger partial charge in [0.1, 0.15) is 17.0 Å². The average molecular weight is 473 g/mol. The number of H-pyrrole nitrogens is 2. The lowest BCUT2D eigenvalue weighted by Crippen LogP contribution is -2.33. The Hall–Kier alpha value is -4.57. The van der Waals surface area contributed by atoms with Crippen molar-refractivity contribution in [2.45, 2.75) is 5.41 Å². The molecule has 4 aromatic carbocycles. The Bertz CT molecular complexity index is 1620. The molecule has 0 aliphatic carbocycles. The summed E-state index contributed by atoms with van der Waals surface area (Å²) in [6, 6.07) is 37.7. The largest absolute Gasteiger partial charge is 0.497 e. The molecule has 0 unspecified atom stereocenters. The Kier molecular flexibility index (Phi) is 5.42. The van der Waals surface area contributed by atoms with Crippen molar-refractivity contribution in [3.8, 4) is 16.9 Å². The van der Waals surface area contributed by atoms with Crippen LogP contribution >= 0.6 is 0 Å². The lowest BCUT2D eigenvalue weighted by atomic mass is 9.67. The van der Waals surface area contributed by atoms with E-state index in [-0.39, 0.29) is 5.82 Å². The van der Waals surface area contributed by atoms with Crippen LogP contribution in [-0.2, 0) is 5.41 Å². The molecule has 36 heavy (non-hydrogen) atoms. The van der Waals surface area contributed by atoms with Gasteiger partial charge in [-0.25, -0.2) is 4.39 Å². The van der Waals surface area contributed by atoms with Crippen LogP contribution in [0, 0.1) is 5.82 Å². The third-order valence-corrected chi connectivity index (χ3v) is 6.93. The van der Waals surface area contributed by atoms with Crippen LogP contribution in [0.15, 0.2) is 121 Å². The molecule has 2 N–H and O–H groups in total. The van der Waals surface area contributed by atoms with Gasteiger partial charge in [-0.15, -0.1) is 0 Å². The fraction of sp³-hybridized carbons (Fsp3) is 0.0625. The zero-order valence-electron chi connectivity index (χ0n) is 19.8. The van der Waals surface area contributed by atoms with Gasteiger partial charge in [-0.2, -0.15) is 0 Å². The second kappa shape index (κ2) is 8.90. The predicted octanol–water partition coefficient (Wildman–Crippen LogP) is 7.69. The molecule has 6 rings (SSSR count). The van der Waals surface area contributed by atoms with Gasteiger partial charge in [-0.05, 0) is 35.4 Å². The van der Waals surface area contributed by atoms with Crippen molar-refractivity contribution in [2.24, 2.45) is 0 Å². The van der Waals surface area contributed by atoms with E-state index in [0.29, 0.717) is 11.3 Å². The quantitative estimate of drug-likeness (QED) is 0.256. The molecule has 2 heterocycles. The SMILES string of the molecule is COc1ccc([C@@](c2ccccc2)(c2ccc[nH]2)c2[nH]c3ccccc3c2-c2ccccc2)c(F)c1. The summed E-state index contributed by atoms with van der Waals surface area (Å²) < 4.78 is 21.5. The smallest absolute Gasteiger partial charge is 0.131 e. The van der Waals surface area contributed by atoms with E-state index in [9.17, 15) is 0 Å². The first-order chi connectivity index (χ1) is 17.7. The fourth-order valence-corrected chi connectivity index (χ4v) is 5.38. The summed E-state index contributed by atoms with van der Waals surface area (Å²) in [5.41, 5.74) is 5.33. The van der Waals surface area contributed by atoms with E-state index in [0.717, 1.165) is 39.0 Å². The number of hydrogen-bond acceptors (Lipinski definition) is 1. The van der Waals surface area contributed by atoms with Gasteiger partial charge in [0.2, 0.25) is 0 Å². The van der Waals surface area contributed by atoms with Crippen molar-refractivity contribution >= 4 is 10.9 Å². The number of halogens is 1. The lowest BCUT2D eigenvalue weighted by Gasteiger charge is -2.35. The molecule has 1 atom stereocenters. The summed E-state index contributed by atoms with van der Waals surface area (Å²) in [5, 5.41) is 1.08. The van der Waals surface area contributed by atoms with Crippen LogP contribution in [-0.4, -0.2) is 17.1 Å². The van der Waals surface area contributed by atoms with E-state index >= 15 is 4.39 Å². The van der Waals surface area contributed by atoms with E-state index in [1.165, 1.54) is 6.07 Å². The van der Waals surface area contributed by atoms with Crippen LogP contribution in [0.25, 0.3) is 22.0 Å². The van der Waals surface area contributed by atoms with Gasteiger partial charge in [0.25, 0.3) is 0 Å². The number of fused-ring (bicyclic) bond motifs is 1. The van der Waals surface area contributed by atoms with Crippen LogP contribution in [0.5, 0.6) is 5.75 Å². The molecule has 0 saturated carbocycles. The molecule has 0 bridgehead atoms. The molecule has 0 aliphatic rings. The Labute approximate surface area is 209 Å². The first-order valence-electron chi connectivity index (χ1n) is 11.9. The minimum atomic E-state index is -0.995. The minimum Gasteiger partial charge on any atom is -0.497 e. The average Bonchev–Trinajstić information content (AvgIpc) is 3.60. The Morgan fingerprint density at radius 3 is 2.17 bits per heavy atom. The van der Waals surface area contributed by atoms with Crippen LogP contribution in [0.4, 0.5) is 4.39 Å². The summed E-state index contributed by atoms with van der Waals surface area (Å²) >= 11 is 0. The molecule has 0 spiro atoms. The molecule has 2 aromatic heterocycles. The van der Waals surface area contributed by atoms with Crippen molar-refractivity contribution in [2.75, 3.05) is 7.11 Å². The van der Waals surface area contributed by atoms with Gasteiger partial charge < -0.3 is 14.7 Å². The van der Waals surface area contributed by atoms with Crippen LogP contribution < -0.4 is 4.74 Å². The van der Waals surface area contributed by atoms with Crippen molar-refractivity contribution in [1.29, 1.82) is 0 Å². The molecule has 4 heteroatoms. The van der Waals surface area contributed by atoms with E-state index in [4.69, 9.17) is 4.74 Å². The van der Waals surface area contributed by atoms with Gasteiger partial charge in [0.15, 0.2) is 0 Å². The number of hydrogen-bond donors (Lipinski definition) is 2. The first kappa shape index (κ1) is 21.9. The normalized spacial score (nSPS) is 12.9. The van der Waals surface area contributed by atoms with Crippen molar-refractivity contribution in [1.82, 2.24) is 9.97 Å². The van der Waals surface area contributed by atoms with Crippen molar-refractivity contribution < 1.29 is 9.13 Å².